The van der Waals surface area contributed by atoms with Crippen molar-refractivity contribution in [3.05, 3.63) is 84.6 Å². The van der Waals surface area contributed by atoms with Gasteiger partial charge in [-0.05, 0) is 41.5 Å². The Hall–Kier alpha value is -3.14. The molecular formula is C24H25FN5O6PS2. The molecule has 0 spiro atoms. The van der Waals surface area contributed by atoms with Crippen LogP contribution in [0.2, 0.25) is 0 Å². The third-order valence-corrected chi connectivity index (χ3v) is 10.2. The molecule has 206 valence electrons. The first kappa shape index (κ1) is 28.9. The third-order valence-electron chi connectivity index (χ3n) is 5.50. The lowest BCUT2D eigenvalue weighted by molar-refractivity contribution is -0.191. The van der Waals surface area contributed by atoms with Gasteiger partial charge in [0.1, 0.15) is 35.7 Å². The van der Waals surface area contributed by atoms with Crippen LogP contribution < -0.4 is 18.9 Å². The molecule has 15 heteroatoms. The molecule has 39 heavy (non-hydrogen) atoms. The number of allylic oxidation sites excluding steroid dienone is 2. The molecule has 0 saturated carbocycles. The molecule has 0 bridgehead atoms. The standard InChI is InChI=1S/C24H25FN5O6PS2/c25-30-24(39(33,34)27-19-37(31,32)36-22-8-3-1-4-9-22)38-23(29(30)18-26)20-10-12-21(13-11-20)35-17-7-16-28-14-5-2-6-15-28/h1-5,8-13,15,23-24,27H,7,14,16-17,19H2. The van der Waals surface area contributed by atoms with Crippen LogP contribution in [0, 0.1) is 17.5 Å². The SMILES string of the molecule is N#CN1C(c2ccc(OCCCN3C=[C+]C=CC3)cc2)SC(S(=O)(=O)NCP(=O)([O-])Oc2ccccc2)N1F. The van der Waals surface area contributed by atoms with E-state index in [9.17, 15) is 27.6 Å². The van der Waals surface area contributed by atoms with Crippen molar-refractivity contribution in [1.29, 1.82) is 5.26 Å². The van der Waals surface area contributed by atoms with Gasteiger partial charge in [0.2, 0.25) is 14.7 Å². The van der Waals surface area contributed by atoms with E-state index in [2.05, 4.69) is 11.0 Å². The zero-order chi connectivity index (χ0) is 27.9. The highest BCUT2D eigenvalue weighted by Crippen LogP contribution is 2.47. The summed E-state index contributed by atoms with van der Waals surface area (Å²) < 4.78 is 63.4. The van der Waals surface area contributed by atoms with Crippen LogP contribution in [0.5, 0.6) is 11.5 Å². The zero-order valence-corrected chi connectivity index (χ0v) is 23.0. The molecule has 0 amide bonds. The maximum atomic E-state index is 15.0. The molecule has 2 aromatic carbocycles. The molecule has 2 aromatic rings. The quantitative estimate of drug-likeness (QED) is 0.128. The second kappa shape index (κ2) is 12.8. The van der Waals surface area contributed by atoms with E-state index in [1.807, 2.05) is 23.1 Å². The first-order valence-corrected chi connectivity index (χ1v) is 15.9. The highest BCUT2D eigenvalue weighted by Gasteiger charge is 2.49. The van der Waals surface area contributed by atoms with Crippen LogP contribution in [0.15, 0.2) is 72.9 Å². The van der Waals surface area contributed by atoms with Crippen molar-refractivity contribution >= 4 is 29.4 Å². The topological polar surface area (TPSA) is 138 Å². The van der Waals surface area contributed by atoms with Crippen molar-refractivity contribution < 1.29 is 31.6 Å². The molecular weight excluding hydrogens is 568 g/mol. The van der Waals surface area contributed by atoms with E-state index in [-0.39, 0.29) is 11.0 Å². The lowest BCUT2D eigenvalue weighted by Gasteiger charge is -2.25. The van der Waals surface area contributed by atoms with Gasteiger partial charge in [0.05, 0.1) is 19.0 Å². The van der Waals surface area contributed by atoms with Crippen molar-refractivity contribution in [2.45, 2.75) is 16.5 Å². The monoisotopic (exact) mass is 593 g/mol. The summed E-state index contributed by atoms with van der Waals surface area (Å²) in [5, 5.41) is 8.81. The van der Waals surface area contributed by atoms with E-state index in [0.717, 1.165) is 19.5 Å². The highest BCUT2D eigenvalue weighted by molar-refractivity contribution is 8.13. The average molecular weight is 594 g/mol. The second-order valence-corrected chi connectivity index (χ2v) is 13.4. The summed E-state index contributed by atoms with van der Waals surface area (Å²) in [6.07, 6.45) is 10.1. The van der Waals surface area contributed by atoms with Crippen LogP contribution in [0.3, 0.4) is 0 Å². The Balaban J connectivity index is 1.33. The number of nitrogens with one attached hydrogen (secondary N) is 1. The van der Waals surface area contributed by atoms with E-state index >= 15 is 0 Å². The predicted octanol–water partition coefficient (Wildman–Crippen LogP) is 3.07. The number of halogens is 1. The number of benzene rings is 2. The summed E-state index contributed by atoms with van der Waals surface area (Å²) in [7, 11) is -9.26. The van der Waals surface area contributed by atoms with Crippen molar-refractivity contribution in [1.82, 2.24) is 19.9 Å². The molecule has 2 heterocycles. The van der Waals surface area contributed by atoms with Crippen LogP contribution in [-0.2, 0) is 14.6 Å². The number of hydrazine groups is 1. The van der Waals surface area contributed by atoms with Gasteiger partial charge in [-0.15, -0.1) is 4.48 Å². The van der Waals surface area contributed by atoms with Crippen molar-refractivity contribution in [3.8, 4) is 17.7 Å². The maximum absolute atomic E-state index is 15.0. The molecule has 1 fully saturated rings. The Morgan fingerprint density at radius 2 is 1.95 bits per heavy atom. The first-order chi connectivity index (χ1) is 18.7. The predicted molar refractivity (Wildman–Crippen MR) is 141 cm³/mol. The smallest absolute Gasteiger partial charge is 0.242 e. The third kappa shape index (κ3) is 7.71. The van der Waals surface area contributed by atoms with E-state index in [1.54, 1.807) is 48.7 Å². The number of hydrogen-bond donors (Lipinski definition) is 1. The molecule has 4 rings (SSSR count). The fourth-order valence-electron chi connectivity index (χ4n) is 3.64. The number of nitriles is 1. The van der Waals surface area contributed by atoms with Gasteiger partial charge in [0, 0.05) is 6.54 Å². The minimum Gasteiger partial charge on any atom is -0.768 e. The zero-order valence-electron chi connectivity index (χ0n) is 20.5. The van der Waals surface area contributed by atoms with E-state index in [4.69, 9.17) is 9.26 Å². The van der Waals surface area contributed by atoms with E-state index in [1.165, 1.54) is 12.1 Å². The van der Waals surface area contributed by atoms with Gasteiger partial charge in [-0.25, -0.2) is 13.1 Å². The van der Waals surface area contributed by atoms with E-state index in [0.29, 0.717) is 34.7 Å². The number of thioether (sulfide) groups is 1. The average Bonchev–Trinajstić information content (AvgIpc) is 3.28. The summed E-state index contributed by atoms with van der Waals surface area (Å²) in [5.41, 5.74) is 0.455. The number of ether oxygens (including phenoxy) is 1. The minimum atomic E-state index is -4.69. The molecule has 0 radical (unpaired) electrons. The van der Waals surface area contributed by atoms with Gasteiger partial charge >= 0.3 is 0 Å². The number of sulfonamides is 1. The van der Waals surface area contributed by atoms with Crippen LogP contribution in [0.25, 0.3) is 0 Å². The molecule has 3 unspecified atom stereocenters. The van der Waals surface area contributed by atoms with Gasteiger partial charge in [0.15, 0.2) is 19.9 Å². The minimum absolute atomic E-state index is 0.00997. The van der Waals surface area contributed by atoms with Crippen LogP contribution >= 0.6 is 19.4 Å². The lowest BCUT2D eigenvalue weighted by atomic mass is 10.2. The van der Waals surface area contributed by atoms with Gasteiger partial charge in [0.25, 0.3) is 0 Å². The second-order valence-electron chi connectivity index (χ2n) is 8.36. The lowest BCUT2D eigenvalue weighted by Crippen LogP contribution is -2.42. The number of nitrogens with zero attached hydrogens (tertiary/aromatic N) is 4. The molecule has 2 aliphatic heterocycles. The Morgan fingerprint density at radius 3 is 2.62 bits per heavy atom. The van der Waals surface area contributed by atoms with Gasteiger partial charge in [-0.2, -0.15) is 10.3 Å². The van der Waals surface area contributed by atoms with Gasteiger partial charge in [-0.1, -0.05) is 42.1 Å². The molecule has 11 nitrogen and oxygen atoms in total. The molecule has 3 atom stereocenters. The maximum Gasteiger partial charge on any atom is 0.242 e. The number of hydrogen-bond acceptors (Lipinski definition) is 11. The Morgan fingerprint density at radius 1 is 1.21 bits per heavy atom. The van der Waals surface area contributed by atoms with Crippen LogP contribution in [0.1, 0.15) is 17.4 Å². The van der Waals surface area contributed by atoms with Crippen molar-refractivity contribution in [2.75, 3.05) is 26.0 Å². The Kier molecular flexibility index (Phi) is 9.48. The fraction of sp³-hybridized carbons (Fsp3) is 0.292. The largest absolute Gasteiger partial charge is 0.768 e. The first-order valence-electron chi connectivity index (χ1n) is 11.7. The fourth-order valence-corrected chi connectivity index (χ4v) is 8.06. The molecule has 0 aromatic heterocycles. The molecule has 0 aliphatic carbocycles. The normalized spacial score (nSPS) is 20.7. The Bertz CT molecular complexity index is 1370. The van der Waals surface area contributed by atoms with Crippen molar-refractivity contribution in [3.63, 3.8) is 0 Å². The summed E-state index contributed by atoms with van der Waals surface area (Å²) in [6, 6.07) is 14.1. The van der Waals surface area contributed by atoms with Crippen LogP contribution in [0.4, 0.5) is 4.48 Å². The summed E-state index contributed by atoms with van der Waals surface area (Å²) in [6.45, 7) is 2.10. The summed E-state index contributed by atoms with van der Waals surface area (Å²) in [4.78, 5) is 14.3. The van der Waals surface area contributed by atoms with Crippen LogP contribution in [-0.4, -0.2) is 54.2 Å². The van der Waals surface area contributed by atoms with E-state index < -0.39 is 34.0 Å². The number of rotatable bonds is 12. The number of para-hydroxylation sites is 1. The van der Waals surface area contributed by atoms with Gasteiger partial charge in [-0.3, -0.25) is 4.57 Å². The van der Waals surface area contributed by atoms with Crippen molar-refractivity contribution in [2.24, 2.45) is 0 Å². The highest BCUT2D eigenvalue weighted by atomic mass is 32.3. The van der Waals surface area contributed by atoms with Gasteiger partial charge < -0.3 is 19.1 Å². The summed E-state index contributed by atoms with van der Waals surface area (Å²) in [5.74, 6) is 0.578. The summed E-state index contributed by atoms with van der Waals surface area (Å²) >= 11 is 0.619. The molecule has 2 aliphatic rings. The molecule has 1 saturated heterocycles. The molecule has 1 N–H and O–H groups in total. The Labute approximate surface area is 230 Å².